The van der Waals surface area contributed by atoms with E-state index in [9.17, 15) is 9.59 Å². The van der Waals surface area contributed by atoms with E-state index in [0.717, 1.165) is 24.0 Å². The summed E-state index contributed by atoms with van der Waals surface area (Å²) in [6.45, 7) is 0.908. The maximum atomic E-state index is 13.4. The first-order valence-corrected chi connectivity index (χ1v) is 9.92. The maximum Gasteiger partial charge on any atom is 0.249 e. The molecule has 2 aromatic carbocycles. The normalized spacial score (nSPS) is 25.0. The van der Waals surface area contributed by atoms with Gasteiger partial charge in [-0.2, -0.15) is 0 Å². The third kappa shape index (κ3) is 3.67. The summed E-state index contributed by atoms with van der Waals surface area (Å²) >= 11 is 0. The van der Waals surface area contributed by atoms with Gasteiger partial charge >= 0.3 is 0 Å². The molecule has 3 aliphatic rings. The lowest BCUT2D eigenvalue weighted by molar-refractivity contribution is -0.171. The highest BCUT2D eigenvalue weighted by atomic mass is 16.5. The number of rotatable bonds is 5. The lowest BCUT2D eigenvalue weighted by Gasteiger charge is -2.48. The molecule has 28 heavy (non-hydrogen) atoms. The summed E-state index contributed by atoms with van der Waals surface area (Å²) in [7, 11) is 1.74. The molecule has 0 saturated carbocycles. The summed E-state index contributed by atoms with van der Waals surface area (Å²) < 4.78 is 6.18. The molecule has 3 heterocycles. The van der Waals surface area contributed by atoms with Crippen LogP contribution >= 0.6 is 0 Å². The quantitative estimate of drug-likeness (QED) is 0.804. The highest BCUT2D eigenvalue weighted by Crippen LogP contribution is 2.31. The molecule has 2 amide bonds. The Bertz CT molecular complexity index is 824. The molecule has 146 valence electrons. The van der Waals surface area contributed by atoms with Crippen LogP contribution in [0.25, 0.3) is 0 Å². The van der Waals surface area contributed by atoms with Gasteiger partial charge in [0.1, 0.15) is 12.1 Å². The van der Waals surface area contributed by atoms with Crippen LogP contribution in [0.1, 0.15) is 30.4 Å². The second-order valence-corrected chi connectivity index (χ2v) is 7.63. The number of nitrogens with zero attached hydrogens (tertiary/aromatic N) is 2. The van der Waals surface area contributed by atoms with E-state index in [1.807, 2.05) is 60.7 Å². The van der Waals surface area contributed by atoms with Crippen LogP contribution in [-0.4, -0.2) is 46.8 Å². The van der Waals surface area contributed by atoms with Crippen LogP contribution in [0.3, 0.4) is 0 Å². The number of carbonyl (C=O) groups excluding carboxylic acids is 2. The van der Waals surface area contributed by atoms with Crippen molar-refractivity contribution < 1.29 is 14.3 Å². The molecule has 2 bridgehead atoms. The van der Waals surface area contributed by atoms with Crippen molar-refractivity contribution in [2.24, 2.45) is 0 Å². The number of benzene rings is 2. The minimum absolute atomic E-state index is 0.00582. The van der Waals surface area contributed by atoms with E-state index in [4.69, 9.17) is 4.74 Å². The number of amides is 2. The predicted octanol–water partition coefficient (Wildman–Crippen LogP) is 2.99. The molecule has 2 aromatic rings. The molecule has 5 rings (SSSR count). The monoisotopic (exact) mass is 378 g/mol. The largest absolute Gasteiger partial charge is 0.371 e. The van der Waals surface area contributed by atoms with Crippen molar-refractivity contribution in [3.05, 3.63) is 71.8 Å². The highest BCUT2D eigenvalue weighted by Gasteiger charge is 2.49. The Morgan fingerprint density at radius 1 is 0.893 bits per heavy atom. The summed E-state index contributed by atoms with van der Waals surface area (Å²) in [5.41, 5.74) is 2.11. The van der Waals surface area contributed by atoms with Crippen molar-refractivity contribution in [1.29, 1.82) is 0 Å². The smallest absolute Gasteiger partial charge is 0.249 e. The zero-order valence-electron chi connectivity index (χ0n) is 16.2. The molecule has 3 saturated heterocycles. The highest BCUT2D eigenvalue weighted by molar-refractivity contribution is 5.97. The number of hydrogen-bond acceptors (Lipinski definition) is 3. The van der Waals surface area contributed by atoms with E-state index in [1.54, 1.807) is 16.8 Å². The Hall–Kier alpha value is -2.66. The SMILES string of the molecule is CN1C(=O)[C@H]2CCC[C@H](OCc3ccccc3)[C@@H]1C(=O)N2Cc1ccccc1. The minimum atomic E-state index is -0.559. The molecule has 0 spiro atoms. The fourth-order valence-electron chi connectivity index (χ4n) is 4.27. The number of likely N-dealkylation sites (N-methyl/N-ethyl adjacent to an activating group) is 1. The zero-order chi connectivity index (χ0) is 19.5. The van der Waals surface area contributed by atoms with Crippen molar-refractivity contribution >= 4 is 11.8 Å². The molecule has 3 fully saturated rings. The third-order valence-electron chi connectivity index (χ3n) is 5.78. The summed E-state index contributed by atoms with van der Waals surface area (Å²) in [5.74, 6) is 0.0160. The van der Waals surface area contributed by atoms with Gasteiger partial charge in [0.15, 0.2) is 0 Å². The van der Waals surface area contributed by atoms with Crippen LogP contribution in [0.4, 0.5) is 0 Å². The van der Waals surface area contributed by atoms with Crippen molar-refractivity contribution in [3.8, 4) is 0 Å². The molecule has 5 nitrogen and oxygen atoms in total. The minimum Gasteiger partial charge on any atom is -0.371 e. The topological polar surface area (TPSA) is 49.9 Å². The average Bonchev–Trinajstić information content (AvgIpc) is 2.72. The average molecular weight is 378 g/mol. The fraction of sp³-hybridized carbons (Fsp3) is 0.391. The van der Waals surface area contributed by atoms with Crippen molar-refractivity contribution in [3.63, 3.8) is 0 Å². The lowest BCUT2D eigenvalue weighted by Crippen LogP contribution is -2.67. The first-order valence-electron chi connectivity index (χ1n) is 9.92. The van der Waals surface area contributed by atoms with Gasteiger partial charge in [-0.1, -0.05) is 60.7 Å². The van der Waals surface area contributed by atoms with Crippen molar-refractivity contribution in [2.45, 2.75) is 50.6 Å². The van der Waals surface area contributed by atoms with Gasteiger partial charge in [0.2, 0.25) is 11.8 Å². The summed E-state index contributed by atoms with van der Waals surface area (Å²) in [6.07, 6.45) is 2.05. The lowest BCUT2D eigenvalue weighted by atomic mass is 9.89. The summed E-state index contributed by atoms with van der Waals surface area (Å²) in [4.78, 5) is 29.8. The van der Waals surface area contributed by atoms with Crippen LogP contribution in [0, 0.1) is 0 Å². The van der Waals surface area contributed by atoms with E-state index in [0.29, 0.717) is 19.6 Å². The Balaban J connectivity index is 1.56. The van der Waals surface area contributed by atoms with Gasteiger partial charge in [-0.3, -0.25) is 9.59 Å². The first-order chi connectivity index (χ1) is 13.6. The first kappa shape index (κ1) is 18.7. The van der Waals surface area contributed by atoms with Crippen LogP contribution < -0.4 is 0 Å². The molecule has 0 radical (unpaired) electrons. The van der Waals surface area contributed by atoms with Gasteiger partial charge in [0.25, 0.3) is 0 Å². The van der Waals surface area contributed by atoms with E-state index < -0.39 is 6.04 Å². The van der Waals surface area contributed by atoms with Crippen molar-refractivity contribution in [2.75, 3.05) is 7.05 Å². The molecule has 3 atom stereocenters. The molecular formula is C23H26N2O3. The van der Waals surface area contributed by atoms with Gasteiger partial charge in [-0.25, -0.2) is 0 Å². The number of ether oxygens (including phenoxy) is 1. The summed E-state index contributed by atoms with van der Waals surface area (Å²) in [6, 6.07) is 18.9. The fourth-order valence-corrected chi connectivity index (χ4v) is 4.27. The predicted molar refractivity (Wildman–Crippen MR) is 106 cm³/mol. The van der Waals surface area contributed by atoms with E-state index in [-0.39, 0.29) is 24.0 Å². The zero-order valence-corrected chi connectivity index (χ0v) is 16.2. The summed E-state index contributed by atoms with van der Waals surface area (Å²) in [5, 5.41) is 0. The van der Waals surface area contributed by atoms with E-state index >= 15 is 0 Å². The van der Waals surface area contributed by atoms with Crippen LogP contribution in [0.2, 0.25) is 0 Å². The van der Waals surface area contributed by atoms with Crippen LogP contribution in [0.15, 0.2) is 60.7 Å². The Labute approximate surface area is 165 Å². The molecule has 0 aromatic heterocycles. The molecule has 3 aliphatic heterocycles. The number of piperazine rings is 1. The molecule has 0 aliphatic carbocycles. The Morgan fingerprint density at radius 3 is 2.21 bits per heavy atom. The standard InChI is InChI=1S/C23H26N2O3/c1-24-21-20(28-16-18-11-6-3-7-12-18)14-8-13-19(22(24)26)25(23(21)27)15-17-9-4-2-5-10-17/h2-7,9-12,19-21H,8,13-16H2,1H3/t19-,20+,21-/m1/s1. The molecule has 5 heteroatoms. The van der Waals surface area contributed by atoms with Gasteiger partial charge < -0.3 is 14.5 Å². The van der Waals surface area contributed by atoms with Crippen LogP contribution in [-0.2, 0) is 27.5 Å². The van der Waals surface area contributed by atoms with Crippen molar-refractivity contribution in [1.82, 2.24) is 9.80 Å². The second kappa shape index (κ2) is 8.15. The Morgan fingerprint density at radius 2 is 1.54 bits per heavy atom. The number of carbonyl (C=O) groups is 2. The second-order valence-electron chi connectivity index (χ2n) is 7.63. The van der Waals surface area contributed by atoms with Gasteiger partial charge in [0, 0.05) is 13.6 Å². The molecular weight excluding hydrogens is 352 g/mol. The van der Waals surface area contributed by atoms with Gasteiger partial charge in [0.05, 0.1) is 12.7 Å². The van der Waals surface area contributed by atoms with Crippen LogP contribution in [0.5, 0.6) is 0 Å². The molecule has 0 unspecified atom stereocenters. The molecule has 0 N–H and O–H groups in total. The van der Waals surface area contributed by atoms with E-state index in [2.05, 4.69) is 0 Å². The Kier molecular flexibility index (Phi) is 5.44. The maximum absolute atomic E-state index is 13.4. The van der Waals surface area contributed by atoms with E-state index in [1.165, 1.54) is 0 Å². The van der Waals surface area contributed by atoms with Gasteiger partial charge in [-0.15, -0.1) is 0 Å². The van der Waals surface area contributed by atoms with Gasteiger partial charge in [-0.05, 0) is 30.4 Å². The number of hydrogen-bond donors (Lipinski definition) is 0. The third-order valence-corrected chi connectivity index (χ3v) is 5.78. The number of fused-ring (bicyclic) bond motifs is 5.